The maximum atomic E-state index is 12.1. The fourth-order valence-corrected chi connectivity index (χ4v) is 2.38. The summed E-state index contributed by atoms with van der Waals surface area (Å²) >= 11 is 0. The summed E-state index contributed by atoms with van der Waals surface area (Å²) in [6, 6.07) is 8.38. The molecular weight excluding hydrogens is 236 g/mol. The molecule has 1 heterocycles. The molecular formula is C16H22N2O. The molecule has 0 atom stereocenters. The van der Waals surface area contributed by atoms with Crippen molar-refractivity contribution in [1.29, 1.82) is 0 Å². The Morgan fingerprint density at radius 3 is 2.42 bits per heavy atom. The summed E-state index contributed by atoms with van der Waals surface area (Å²) in [6.45, 7) is 7.06. The smallest absolute Gasteiger partial charge is 0.267 e. The number of aromatic amines is 1. The zero-order chi connectivity index (χ0) is 13.8. The minimum absolute atomic E-state index is 0.0610. The molecule has 102 valence electrons. The standard InChI is InChI=1S/C16H22N2O/c1-4-6-7-14-15(18(5-2)17-16(14)19)13-10-8-12(3)9-11-13/h8-11H,4-7H2,1-3H3,(H,17,19). The quantitative estimate of drug-likeness (QED) is 0.875. The highest BCUT2D eigenvalue weighted by molar-refractivity contribution is 5.63. The van der Waals surface area contributed by atoms with Crippen LogP contribution in [0, 0.1) is 6.92 Å². The molecule has 0 unspecified atom stereocenters. The van der Waals surface area contributed by atoms with Crippen LogP contribution in [-0.4, -0.2) is 9.78 Å². The topological polar surface area (TPSA) is 37.8 Å². The van der Waals surface area contributed by atoms with Crippen molar-refractivity contribution < 1.29 is 0 Å². The fourth-order valence-electron chi connectivity index (χ4n) is 2.38. The first-order chi connectivity index (χ1) is 9.17. The van der Waals surface area contributed by atoms with Crippen LogP contribution in [0.3, 0.4) is 0 Å². The first kappa shape index (κ1) is 13.7. The van der Waals surface area contributed by atoms with Gasteiger partial charge >= 0.3 is 0 Å². The Hall–Kier alpha value is -1.77. The summed E-state index contributed by atoms with van der Waals surface area (Å²) in [5.74, 6) is 0. The van der Waals surface area contributed by atoms with Crippen molar-refractivity contribution in [2.75, 3.05) is 0 Å². The van der Waals surface area contributed by atoms with Gasteiger partial charge < -0.3 is 0 Å². The number of H-pyrrole nitrogens is 1. The van der Waals surface area contributed by atoms with E-state index >= 15 is 0 Å². The first-order valence-corrected chi connectivity index (χ1v) is 7.06. The molecule has 0 fully saturated rings. The molecule has 0 saturated heterocycles. The van der Waals surface area contributed by atoms with Gasteiger partial charge in [0, 0.05) is 17.7 Å². The van der Waals surface area contributed by atoms with Gasteiger partial charge in [0.2, 0.25) is 0 Å². The number of hydrogen-bond donors (Lipinski definition) is 1. The number of unbranched alkanes of at least 4 members (excludes halogenated alkanes) is 1. The summed E-state index contributed by atoms with van der Waals surface area (Å²) in [6.07, 6.45) is 3.00. The van der Waals surface area contributed by atoms with Gasteiger partial charge in [0.15, 0.2) is 0 Å². The van der Waals surface area contributed by atoms with Crippen LogP contribution in [-0.2, 0) is 13.0 Å². The zero-order valence-corrected chi connectivity index (χ0v) is 12.0. The van der Waals surface area contributed by atoms with Gasteiger partial charge in [-0.1, -0.05) is 43.2 Å². The Morgan fingerprint density at radius 2 is 1.84 bits per heavy atom. The van der Waals surface area contributed by atoms with E-state index in [9.17, 15) is 4.79 Å². The highest BCUT2D eigenvalue weighted by Crippen LogP contribution is 2.23. The van der Waals surface area contributed by atoms with E-state index in [-0.39, 0.29) is 5.56 Å². The Bertz CT molecular complexity index is 590. The lowest BCUT2D eigenvalue weighted by Gasteiger charge is -2.08. The minimum atomic E-state index is 0.0610. The monoisotopic (exact) mass is 258 g/mol. The molecule has 0 amide bonds. The average molecular weight is 258 g/mol. The second-order valence-corrected chi connectivity index (χ2v) is 4.98. The van der Waals surface area contributed by atoms with Gasteiger partial charge in [-0.05, 0) is 26.7 Å². The van der Waals surface area contributed by atoms with Gasteiger partial charge in [-0.15, -0.1) is 0 Å². The summed E-state index contributed by atoms with van der Waals surface area (Å²) in [5.41, 5.74) is 4.40. The van der Waals surface area contributed by atoms with Gasteiger partial charge in [-0.2, -0.15) is 0 Å². The molecule has 0 bridgehead atoms. The van der Waals surface area contributed by atoms with E-state index in [1.165, 1.54) is 5.56 Å². The number of aryl methyl sites for hydroxylation is 2. The molecule has 1 aromatic heterocycles. The van der Waals surface area contributed by atoms with Crippen molar-refractivity contribution in [2.24, 2.45) is 0 Å². The molecule has 0 spiro atoms. The van der Waals surface area contributed by atoms with E-state index in [1.54, 1.807) is 0 Å². The van der Waals surface area contributed by atoms with Crippen LogP contribution in [0.5, 0.6) is 0 Å². The summed E-state index contributed by atoms with van der Waals surface area (Å²) in [5, 5.41) is 2.95. The second-order valence-electron chi connectivity index (χ2n) is 4.98. The third kappa shape index (κ3) is 2.80. The molecule has 2 rings (SSSR count). The lowest BCUT2D eigenvalue weighted by atomic mass is 10.0. The van der Waals surface area contributed by atoms with Crippen LogP contribution in [0.1, 0.15) is 37.8 Å². The predicted molar refractivity (Wildman–Crippen MR) is 79.5 cm³/mol. The number of hydrogen-bond acceptors (Lipinski definition) is 1. The fraction of sp³-hybridized carbons (Fsp3) is 0.438. The second kappa shape index (κ2) is 5.91. The molecule has 19 heavy (non-hydrogen) atoms. The Balaban J connectivity index is 2.52. The molecule has 0 aliphatic heterocycles. The Morgan fingerprint density at radius 1 is 1.16 bits per heavy atom. The molecule has 0 radical (unpaired) electrons. The van der Waals surface area contributed by atoms with Crippen molar-refractivity contribution >= 4 is 0 Å². The average Bonchev–Trinajstić information content (AvgIpc) is 2.73. The van der Waals surface area contributed by atoms with Crippen molar-refractivity contribution in [2.45, 2.75) is 46.6 Å². The van der Waals surface area contributed by atoms with E-state index in [0.29, 0.717) is 0 Å². The van der Waals surface area contributed by atoms with Crippen molar-refractivity contribution in [3.63, 3.8) is 0 Å². The van der Waals surface area contributed by atoms with Crippen LogP contribution in [0.2, 0.25) is 0 Å². The molecule has 0 saturated carbocycles. The van der Waals surface area contributed by atoms with Gasteiger partial charge in [0.1, 0.15) is 0 Å². The Kier molecular flexibility index (Phi) is 4.25. The maximum absolute atomic E-state index is 12.1. The van der Waals surface area contributed by atoms with Crippen LogP contribution in [0.4, 0.5) is 0 Å². The third-order valence-corrected chi connectivity index (χ3v) is 3.49. The molecule has 2 aromatic rings. The third-order valence-electron chi connectivity index (χ3n) is 3.49. The highest BCUT2D eigenvalue weighted by Gasteiger charge is 2.15. The van der Waals surface area contributed by atoms with E-state index < -0.39 is 0 Å². The first-order valence-electron chi connectivity index (χ1n) is 7.06. The molecule has 1 aromatic carbocycles. The van der Waals surface area contributed by atoms with Gasteiger partial charge in [-0.3, -0.25) is 14.6 Å². The summed E-state index contributed by atoms with van der Waals surface area (Å²) < 4.78 is 1.96. The van der Waals surface area contributed by atoms with Crippen molar-refractivity contribution in [3.8, 4) is 11.3 Å². The number of benzene rings is 1. The largest absolute Gasteiger partial charge is 0.284 e. The van der Waals surface area contributed by atoms with Gasteiger partial charge in [-0.25, -0.2) is 0 Å². The number of nitrogens with zero attached hydrogens (tertiary/aromatic N) is 1. The van der Waals surface area contributed by atoms with E-state index in [2.05, 4.69) is 50.1 Å². The summed E-state index contributed by atoms with van der Waals surface area (Å²) in [4.78, 5) is 12.1. The maximum Gasteiger partial charge on any atom is 0.267 e. The lowest BCUT2D eigenvalue weighted by molar-refractivity contribution is 0.659. The van der Waals surface area contributed by atoms with Crippen molar-refractivity contribution in [3.05, 3.63) is 45.7 Å². The normalized spacial score (nSPS) is 10.9. The molecule has 1 N–H and O–H groups in total. The van der Waals surface area contributed by atoms with E-state index in [0.717, 1.165) is 42.6 Å². The van der Waals surface area contributed by atoms with Crippen LogP contribution in [0.25, 0.3) is 11.3 Å². The zero-order valence-electron chi connectivity index (χ0n) is 12.0. The van der Waals surface area contributed by atoms with E-state index in [4.69, 9.17) is 0 Å². The highest BCUT2D eigenvalue weighted by atomic mass is 16.1. The van der Waals surface area contributed by atoms with Crippen molar-refractivity contribution in [1.82, 2.24) is 9.78 Å². The number of aromatic nitrogens is 2. The lowest BCUT2D eigenvalue weighted by Crippen LogP contribution is -2.07. The molecule has 0 aliphatic rings. The minimum Gasteiger partial charge on any atom is -0.284 e. The number of rotatable bonds is 5. The van der Waals surface area contributed by atoms with E-state index in [1.807, 2.05) is 4.68 Å². The Labute approximate surface area is 114 Å². The number of nitrogens with one attached hydrogen (secondary N) is 1. The van der Waals surface area contributed by atoms with Crippen LogP contribution >= 0.6 is 0 Å². The SMILES string of the molecule is CCCCc1c(-c2ccc(C)cc2)n(CC)[nH]c1=O. The van der Waals surface area contributed by atoms with Crippen LogP contribution in [0.15, 0.2) is 29.1 Å². The summed E-state index contributed by atoms with van der Waals surface area (Å²) in [7, 11) is 0. The van der Waals surface area contributed by atoms with Gasteiger partial charge in [0.25, 0.3) is 5.56 Å². The molecule has 0 aliphatic carbocycles. The molecule has 3 heteroatoms. The van der Waals surface area contributed by atoms with Gasteiger partial charge in [0.05, 0.1) is 5.69 Å². The molecule has 3 nitrogen and oxygen atoms in total. The van der Waals surface area contributed by atoms with Crippen LogP contribution < -0.4 is 5.56 Å². The predicted octanol–water partition coefficient (Wildman–Crippen LogP) is 3.51.